The molecule has 2 atom stereocenters. The highest BCUT2D eigenvalue weighted by molar-refractivity contribution is 5.85. The van der Waals surface area contributed by atoms with Gasteiger partial charge < -0.3 is 10.3 Å². The Labute approximate surface area is 131 Å². The molecule has 5 heteroatoms. The predicted octanol–water partition coefficient (Wildman–Crippen LogP) is 3.26. The number of aryl methyl sites for hydroxylation is 2. The van der Waals surface area contributed by atoms with Crippen molar-refractivity contribution in [2.75, 3.05) is 0 Å². The summed E-state index contributed by atoms with van der Waals surface area (Å²) in [6.07, 6.45) is 6.14. The maximum atomic E-state index is 6.01. The van der Waals surface area contributed by atoms with Gasteiger partial charge in [-0.15, -0.1) is 12.4 Å². The van der Waals surface area contributed by atoms with E-state index in [1.54, 1.807) is 0 Å². The Balaban J connectivity index is 0.00000161. The lowest BCUT2D eigenvalue weighted by Gasteiger charge is -2.23. The summed E-state index contributed by atoms with van der Waals surface area (Å²) in [7, 11) is 0. The summed E-state index contributed by atoms with van der Waals surface area (Å²) in [6.45, 7) is 0. The van der Waals surface area contributed by atoms with Crippen LogP contribution in [0.4, 0.5) is 0 Å². The zero-order valence-electron chi connectivity index (χ0n) is 12.1. The van der Waals surface area contributed by atoms with Crippen LogP contribution in [0, 0.1) is 0 Å². The van der Waals surface area contributed by atoms with Crippen molar-refractivity contribution in [3.63, 3.8) is 0 Å². The van der Waals surface area contributed by atoms with E-state index in [1.807, 2.05) is 6.07 Å². The second-order valence-electron chi connectivity index (χ2n) is 5.66. The largest absolute Gasteiger partial charge is 0.339 e. The highest BCUT2D eigenvalue weighted by atomic mass is 35.5. The van der Waals surface area contributed by atoms with Gasteiger partial charge in [0, 0.05) is 18.4 Å². The van der Waals surface area contributed by atoms with Gasteiger partial charge in [-0.2, -0.15) is 4.98 Å². The van der Waals surface area contributed by atoms with Gasteiger partial charge in [-0.3, -0.25) is 0 Å². The first-order valence-corrected chi connectivity index (χ1v) is 7.43. The predicted molar refractivity (Wildman–Crippen MR) is 84.6 cm³/mol. The van der Waals surface area contributed by atoms with Gasteiger partial charge in [-0.1, -0.05) is 41.9 Å². The molecule has 1 fully saturated rings. The molecule has 1 aromatic heterocycles. The van der Waals surface area contributed by atoms with E-state index < -0.39 is 0 Å². The molecule has 0 radical (unpaired) electrons. The number of benzene rings is 1. The quantitative estimate of drug-likeness (QED) is 0.941. The van der Waals surface area contributed by atoms with Crippen molar-refractivity contribution in [2.24, 2.45) is 5.73 Å². The Morgan fingerprint density at radius 3 is 2.71 bits per heavy atom. The number of nitrogens with two attached hydrogens (primary N) is 1. The lowest BCUT2D eigenvalue weighted by atomic mass is 9.86. The molecule has 2 N–H and O–H groups in total. The molecule has 0 spiro atoms. The molecular weight excluding hydrogens is 286 g/mol. The smallest absolute Gasteiger partial charge is 0.229 e. The molecule has 2 unspecified atom stereocenters. The third kappa shape index (κ3) is 4.29. The number of hydrogen-bond donors (Lipinski definition) is 1. The summed E-state index contributed by atoms with van der Waals surface area (Å²) in [6, 6.07) is 10.7. The number of aromatic nitrogens is 2. The van der Waals surface area contributed by atoms with Crippen molar-refractivity contribution in [3.05, 3.63) is 47.6 Å². The van der Waals surface area contributed by atoms with Crippen LogP contribution in [-0.2, 0) is 12.8 Å². The van der Waals surface area contributed by atoms with Crippen LogP contribution >= 0.6 is 12.4 Å². The van der Waals surface area contributed by atoms with Crippen LogP contribution in [0.5, 0.6) is 0 Å². The molecule has 1 aliphatic rings. The van der Waals surface area contributed by atoms with Crippen LogP contribution < -0.4 is 5.73 Å². The molecule has 114 valence electrons. The van der Waals surface area contributed by atoms with Crippen molar-refractivity contribution >= 4 is 12.4 Å². The van der Waals surface area contributed by atoms with Crippen LogP contribution in [0.15, 0.2) is 34.9 Å². The minimum absolute atomic E-state index is 0. The van der Waals surface area contributed by atoms with E-state index in [-0.39, 0.29) is 18.4 Å². The van der Waals surface area contributed by atoms with Crippen LogP contribution in [-0.4, -0.2) is 16.2 Å². The molecule has 0 saturated heterocycles. The summed E-state index contributed by atoms with van der Waals surface area (Å²) < 4.78 is 5.42. The minimum atomic E-state index is 0. The average Bonchev–Trinajstić information content (AvgIpc) is 2.95. The summed E-state index contributed by atoms with van der Waals surface area (Å²) >= 11 is 0. The van der Waals surface area contributed by atoms with E-state index in [0.717, 1.165) is 50.2 Å². The maximum absolute atomic E-state index is 6.01. The average molecular weight is 308 g/mol. The van der Waals surface area contributed by atoms with Gasteiger partial charge in [0.2, 0.25) is 5.89 Å². The number of rotatable bonds is 4. The van der Waals surface area contributed by atoms with E-state index in [0.29, 0.717) is 5.92 Å². The van der Waals surface area contributed by atoms with Gasteiger partial charge >= 0.3 is 0 Å². The van der Waals surface area contributed by atoms with Crippen molar-refractivity contribution in [1.29, 1.82) is 0 Å². The first-order chi connectivity index (χ1) is 9.81. The van der Waals surface area contributed by atoms with Gasteiger partial charge in [0.1, 0.15) is 0 Å². The number of nitrogens with zero attached hydrogens (tertiary/aromatic N) is 2. The number of hydrogen-bond acceptors (Lipinski definition) is 4. The molecule has 4 nitrogen and oxygen atoms in total. The topological polar surface area (TPSA) is 64.9 Å². The maximum Gasteiger partial charge on any atom is 0.229 e. The highest BCUT2D eigenvalue weighted by Gasteiger charge is 2.25. The molecule has 0 bridgehead atoms. The van der Waals surface area contributed by atoms with E-state index in [4.69, 9.17) is 10.3 Å². The van der Waals surface area contributed by atoms with Crippen LogP contribution in [0.3, 0.4) is 0 Å². The number of halogens is 1. The van der Waals surface area contributed by atoms with E-state index in [1.165, 1.54) is 5.56 Å². The zero-order valence-corrected chi connectivity index (χ0v) is 12.9. The molecule has 0 amide bonds. The summed E-state index contributed by atoms with van der Waals surface area (Å²) in [5.41, 5.74) is 7.32. The fourth-order valence-corrected chi connectivity index (χ4v) is 2.89. The van der Waals surface area contributed by atoms with E-state index in [9.17, 15) is 0 Å². The molecule has 1 aliphatic carbocycles. The third-order valence-electron chi connectivity index (χ3n) is 4.03. The Kier molecular flexibility index (Phi) is 5.76. The van der Waals surface area contributed by atoms with Crippen LogP contribution in [0.2, 0.25) is 0 Å². The first-order valence-electron chi connectivity index (χ1n) is 7.43. The van der Waals surface area contributed by atoms with Gasteiger partial charge in [0.05, 0.1) is 0 Å². The Bertz CT molecular complexity index is 543. The normalized spacial score (nSPS) is 21.8. The molecule has 1 aromatic carbocycles. The second kappa shape index (κ2) is 7.57. The molecule has 1 saturated carbocycles. The van der Waals surface area contributed by atoms with Crippen LogP contribution in [0.25, 0.3) is 0 Å². The first kappa shape index (κ1) is 16.0. The zero-order chi connectivity index (χ0) is 13.8. The van der Waals surface area contributed by atoms with E-state index >= 15 is 0 Å². The SMILES string of the molecule is Cl.NC1CCCC(c2nc(CCc3ccccc3)no2)C1. The summed E-state index contributed by atoms with van der Waals surface area (Å²) in [4.78, 5) is 4.55. The minimum Gasteiger partial charge on any atom is -0.339 e. The molecule has 3 rings (SSSR count). The van der Waals surface area contributed by atoms with Gasteiger partial charge in [0.15, 0.2) is 5.82 Å². The summed E-state index contributed by atoms with van der Waals surface area (Å²) in [5, 5.41) is 4.10. The Morgan fingerprint density at radius 2 is 1.95 bits per heavy atom. The lowest BCUT2D eigenvalue weighted by molar-refractivity contribution is 0.297. The van der Waals surface area contributed by atoms with Crippen molar-refractivity contribution in [3.8, 4) is 0 Å². The van der Waals surface area contributed by atoms with Gasteiger partial charge in [-0.05, 0) is 31.2 Å². The van der Waals surface area contributed by atoms with Crippen molar-refractivity contribution < 1.29 is 4.52 Å². The second-order valence-corrected chi connectivity index (χ2v) is 5.66. The van der Waals surface area contributed by atoms with Crippen LogP contribution in [0.1, 0.15) is 48.9 Å². The summed E-state index contributed by atoms with van der Waals surface area (Å²) in [5.74, 6) is 1.95. The Hall–Kier alpha value is -1.39. The Morgan fingerprint density at radius 1 is 1.14 bits per heavy atom. The van der Waals surface area contributed by atoms with E-state index in [2.05, 4.69) is 34.4 Å². The van der Waals surface area contributed by atoms with Crippen molar-refractivity contribution in [1.82, 2.24) is 10.1 Å². The standard InChI is InChI=1S/C16H21N3O.ClH/c17-14-8-4-7-13(11-14)16-18-15(19-20-16)10-9-12-5-2-1-3-6-12;/h1-3,5-6,13-14H,4,7-11,17H2;1H. The fourth-order valence-electron chi connectivity index (χ4n) is 2.89. The van der Waals surface area contributed by atoms with Gasteiger partial charge in [0.25, 0.3) is 0 Å². The monoisotopic (exact) mass is 307 g/mol. The van der Waals surface area contributed by atoms with Gasteiger partial charge in [-0.25, -0.2) is 0 Å². The molecule has 1 heterocycles. The van der Waals surface area contributed by atoms with Crippen molar-refractivity contribution in [2.45, 2.75) is 50.5 Å². The molecule has 21 heavy (non-hydrogen) atoms. The molecule has 0 aliphatic heterocycles. The molecular formula is C16H22ClN3O. The fraction of sp³-hybridized carbons (Fsp3) is 0.500. The lowest BCUT2D eigenvalue weighted by Crippen LogP contribution is -2.26. The highest BCUT2D eigenvalue weighted by Crippen LogP contribution is 2.31. The third-order valence-corrected chi connectivity index (χ3v) is 4.03. The molecule has 2 aromatic rings.